The van der Waals surface area contributed by atoms with Crippen LogP contribution in [0.3, 0.4) is 0 Å². The topological polar surface area (TPSA) is 58.6 Å². The maximum Gasteiger partial charge on any atom is 0.227 e. The van der Waals surface area contributed by atoms with Gasteiger partial charge in [0, 0.05) is 6.54 Å². The molecule has 2 atom stereocenters. The van der Waals surface area contributed by atoms with E-state index in [1.165, 1.54) is 24.3 Å². The molecule has 0 aliphatic heterocycles. The van der Waals surface area contributed by atoms with Gasteiger partial charge < -0.3 is 15.2 Å². The maximum atomic E-state index is 12.9. The predicted octanol–water partition coefficient (Wildman–Crippen LogP) is 2.79. The second-order valence-corrected chi connectivity index (χ2v) is 5.31. The van der Waals surface area contributed by atoms with Gasteiger partial charge in [0.2, 0.25) is 5.91 Å². The molecule has 122 valence electrons. The van der Waals surface area contributed by atoms with E-state index < -0.39 is 6.10 Å². The van der Waals surface area contributed by atoms with Crippen LogP contribution in [0.2, 0.25) is 0 Å². The van der Waals surface area contributed by atoms with Gasteiger partial charge in [0.1, 0.15) is 11.6 Å². The number of nitrogens with one attached hydrogen (secondary N) is 1. The van der Waals surface area contributed by atoms with Crippen LogP contribution in [0.5, 0.6) is 5.75 Å². The van der Waals surface area contributed by atoms with Crippen molar-refractivity contribution in [2.24, 2.45) is 0 Å². The van der Waals surface area contributed by atoms with Crippen molar-refractivity contribution in [3.05, 3.63) is 65.5 Å². The molecular formula is C18H20FNO3. The molecule has 0 spiro atoms. The quantitative estimate of drug-likeness (QED) is 0.861. The number of carbonyl (C=O) groups excluding carboxylic acids is 1. The largest absolute Gasteiger partial charge is 0.497 e. The first-order chi connectivity index (χ1) is 11.0. The highest BCUT2D eigenvalue weighted by molar-refractivity contribution is 5.83. The summed E-state index contributed by atoms with van der Waals surface area (Å²) in [5.41, 5.74) is 1.42. The lowest BCUT2D eigenvalue weighted by atomic mass is 10.00. The standard InChI is InChI=1S/C18H20FNO3/c1-12(13-5-9-16(23-2)10-6-13)18(22)20-11-17(21)14-3-7-15(19)8-4-14/h3-10,12,17,21H,11H2,1-2H3,(H,20,22). The minimum Gasteiger partial charge on any atom is -0.497 e. The molecule has 0 saturated carbocycles. The van der Waals surface area contributed by atoms with Gasteiger partial charge in [-0.25, -0.2) is 4.39 Å². The first-order valence-corrected chi connectivity index (χ1v) is 7.36. The van der Waals surface area contributed by atoms with Crippen LogP contribution in [-0.2, 0) is 4.79 Å². The number of amides is 1. The van der Waals surface area contributed by atoms with E-state index in [0.29, 0.717) is 5.56 Å². The van der Waals surface area contributed by atoms with Gasteiger partial charge in [0.05, 0.1) is 19.1 Å². The van der Waals surface area contributed by atoms with Gasteiger partial charge >= 0.3 is 0 Å². The highest BCUT2D eigenvalue weighted by Crippen LogP contribution is 2.19. The van der Waals surface area contributed by atoms with Gasteiger partial charge in [-0.15, -0.1) is 0 Å². The molecule has 5 heteroatoms. The Morgan fingerprint density at radius 3 is 2.26 bits per heavy atom. The van der Waals surface area contributed by atoms with Crippen molar-refractivity contribution < 1.29 is 19.0 Å². The van der Waals surface area contributed by atoms with Gasteiger partial charge in [-0.05, 0) is 42.3 Å². The zero-order valence-corrected chi connectivity index (χ0v) is 13.1. The van der Waals surface area contributed by atoms with Crippen molar-refractivity contribution in [1.82, 2.24) is 5.32 Å². The van der Waals surface area contributed by atoms with Crippen LogP contribution >= 0.6 is 0 Å². The zero-order chi connectivity index (χ0) is 16.8. The SMILES string of the molecule is COc1ccc(C(C)C(=O)NCC(O)c2ccc(F)cc2)cc1. The van der Waals surface area contributed by atoms with Gasteiger partial charge in [-0.3, -0.25) is 4.79 Å². The molecule has 0 heterocycles. The number of ether oxygens (including phenoxy) is 1. The van der Waals surface area contributed by atoms with E-state index >= 15 is 0 Å². The number of methoxy groups -OCH3 is 1. The van der Waals surface area contributed by atoms with Gasteiger partial charge in [-0.1, -0.05) is 24.3 Å². The number of aliphatic hydroxyl groups is 1. The molecule has 2 aromatic rings. The first-order valence-electron chi connectivity index (χ1n) is 7.36. The van der Waals surface area contributed by atoms with Crippen molar-refractivity contribution in [2.75, 3.05) is 13.7 Å². The Kier molecular flexibility index (Phi) is 5.71. The third kappa shape index (κ3) is 4.53. The van der Waals surface area contributed by atoms with Crippen molar-refractivity contribution in [3.8, 4) is 5.75 Å². The molecule has 0 aliphatic rings. The van der Waals surface area contributed by atoms with Crippen LogP contribution in [0.25, 0.3) is 0 Å². The van der Waals surface area contributed by atoms with Crippen molar-refractivity contribution in [1.29, 1.82) is 0 Å². The normalized spacial score (nSPS) is 13.2. The van der Waals surface area contributed by atoms with Crippen molar-refractivity contribution >= 4 is 5.91 Å². The van der Waals surface area contributed by atoms with Crippen molar-refractivity contribution in [2.45, 2.75) is 18.9 Å². The minimum atomic E-state index is -0.873. The lowest BCUT2D eigenvalue weighted by Gasteiger charge is -2.16. The van der Waals surface area contributed by atoms with Gasteiger partial charge in [0.25, 0.3) is 0 Å². The smallest absolute Gasteiger partial charge is 0.227 e. The Morgan fingerprint density at radius 1 is 1.13 bits per heavy atom. The molecule has 1 amide bonds. The summed E-state index contributed by atoms with van der Waals surface area (Å²) in [5.74, 6) is -0.163. The summed E-state index contributed by atoms with van der Waals surface area (Å²) in [7, 11) is 1.59. The Labute approximate surface area is 134 Å². The third-order valence-corrected chi connectivity index (χ3v) is 3.73. The van der Waals surface area contributed by atoms with E-state index in [2.05, 4.69) is 5.32 Å². The Bertz CT molecular complexity index is 640. The van der Waals surface area contributed by atoms with Crippen LogP contribution in [-0.4, -0.2) is 24.7 Å². The summed E-state index contributed by atoms with van der Waals surface area (Å²) in [5, 5.41) is 12.7. The fourth-order valence-electron chi connectivity index (χ4n) is 2.20. The summed E-state index contributed by atoms with van der Waals surface area (Å²) < 4.78 is 17.9. The number of benzene rings is 2. The second kappa shape index (κ2) is 7.74. The molecule has 4 nitrogen and oxygen atoms in total. The molecule has 2 rings (SSSR count). The zero-order valence-electron chi connectivity index (χ0n) is 13.1. The third-order valence-electron chi connectivity index (χ3n) is 3.73. The predicted molar refractivity (Wildman–Crippen MR) is 85.8 cm³/mol. The summed E-state index contributed by atoms with van der Waals surface area (Å²) in [6.07, 6.45) is -0.873. The molecule has 0 bridgehead atoms. The minimum absolute atomic E-state index is 0.0744. The highest BCUT2D eigenvalue weighted by Gasteiger charge is 2.17. The average Bonchev–Trinajstić information content (AvgIpc) is 2.59. The Hall–Kier alpha value is -2.40. The van der Waals surface area contributed by atoms with Crippen LogP contribution in [0, 0.1) is 5.82 Å². The Balaban J connectivity index is 1.91. The van der Waals surface area contributed by atoms with E-state index in [4.69, 9.17) is 4.74 Å². The van der Waals surface area contributed by atoms with Gasteiger partial charge in [0.15, 0.2) is 0 Å². The first kappa shape index (κ1) is 17.0. The molecule has 2 aromatic carbocycles. The van der Waals surface area contributed by atoms with Crippen molar-refractivity contribution in [3.63, 3.8) is 0 Å². The molecule has 0 saturated heterocycles. The highest BCUT2D eigenvalue weighted by atomic mass is 19.1. The van der Waals surface area contributed by atoms with Crippen LogP contribution in [0.15, 0.2) is 48.5 Å². The fraction of sp³-hybridized carbons (Fsp3) is 0.278. The van der Waals surface area contributed by atoms with Crippen LogP contribution < -0.4 is 10.1 Å². The fourth-order valence-corrected chi connectivity index (χ4v) is 2.20. The molecule has 0 fully saturated rings. The average molecular weight is 317 g/mol. The number of halogens is 1. The van der Waals surface area contributed by atoms with E-state index in [1.807, 2.05) is 12.1 Å². The number of rotatable bonds is 6. The maximum absolute atomic E-state index is 12.9. The number of hydrogen-bond acceptors (Lipinski definition) is 3. The molecular weight excluding hydrogens is 297 g/mol. The van der Waals surface area contributed by atoms with E-state index in [9.17, 15) is 14.3 Å². The molecule has 23 heavy (non-hydrogen) atoms. The summed E-state index contributed by atoms with van der Waals surface area (Å²) in [6.45, 7) is 1.87. The molecule has 0 aromatic heterocycles. The molecule has 2 N–H and O–H groups in total. The molecule has 0 aliphatic carbocycles. The second-order valence-electron chi connectivity index (χ2n) is 5.31. The van der Waals surface area contributed by atoms with E-state index in [0.717, 1.165) is 11.3 Å². The number of carbonyl (C=O) groups is 1. The summed E-state index contributed by atoms with van der Waals surface area (Å²) in [6, 6.07) is 12.8. The molecule has 0 radical (unpaired) electrons. The lowest BCUT2D eigenvalue weighted by molar-refractivity contribution is -0.122. The van der Waals surface area contributed by atoms with Crippen LogP contribution in [0.1, 0.15) is 30.1 Å². The summed E-state index contributed by atoms with van der Waals surface area (Å²) >= 11 is 0. The van der Waals surface area contributed by atoms with E-state index in [-0.39, 0.29) is 24.2 Å². The van der Waals surface area contributed by atoms with E-state index in [1.54, 1.807) is 26.2 Å². The van der Waals surface area contributed by atoms with Crippen LogP contribution in [0.4, 0.5) is 4.39 Å². The lowest BCUT2D eigenvalue weighted by Crippen LogP contribution is -2.31. The number of aliphatic hydroxyl groups excluding tert-OH is 1. The summed E-state index contributed by atoms with van der Waals surface area (Å²) in [4.78, 5) is 12.2. The Morgan fingerprint density at radius 2 is 1.70 bits per heavy atom. The number of hydrogen-bond donors (Lipinski definition) is 2. The van der Waals surface area contributed by atoms with Gasteiger partial charge in [-0.2, -0.15) is 0 Å². The monoisotopic (exact) mass is 317 g/mol. The molecule has 2 unspecified atom stereocenters.